The molecular formula is C14H30N4O. The van der Waals surface area contributed by atoms with Gasteiger partial charge in [0.25, 0.3) is 0 Å². The van der Waals surface area contributed by atoms with Crippen molar-refractivity contribution in [3.05, 3.63) is 0 Å². The molecular weight excluding hydrogens is 240 g/mol. The fraction of sp³-hybridized carbons (Fsp3) is 0.929. The topological polar surface area (TPSA) is 56.4 Å². The van der Waals surface area contributed by atoms with E-state index in [-0.39, 0.29) is 16.9 Å². The normalized spacial score (nSPS) is 19.5. The van der Waals surface area contributed by atoms with Crippen LogP contribution in [0.25, 0.3) is 0 Å². The Morgan fingerprint density at radius 1 is 1.32 bits per heavy atom. The first-order valence-electron chi connectivity index (χ1n) is 7.14. The molecule has 1 fully saturated rings. The highest BCUT2D eigenvalue weighted by molar-refractivity contribution is 5.86. The molecule has 0 aromatic carbocycles. The minimum absolute atomic E-state index is 0.0843. The van der Waals surface area contributed by atoms with Gasteiger partial charge in [-0.25, -0.2) is 0 Å². The Kier molecular flexibility index (Phi) is 5.77. The van der Waals surface area contributed by atoms with E-state index in [2.05, 4.69) is 48.8 Å². The molecule has 19 heavy (non-hydrogen) atoms. The second-order valence-corrected chi connectivity index (χ2v) is 6.67. The van der Waals surface area contributed by atoms with Crippen LogP contribution in [0, 0.1) is 5.41 Å². The zero-order valence-corrected chi connectivity index (χ0v) is 13.1. The predicted molar refractivity (Wildman–Crippen MR) is 79.2 cm³/mol. The summed E-state index contributed by atoms with van der Waals surface area (Å²) in [6, 6.07) is 0. The summed E-state index contributed by atoms with van der Waals surface area (Å²) < 4.78 is 0. The van der Waals surface area contributed by atoms with Crippen molar-refractivity contribution in [3.8, 4) is 0 Å². The van der Waals surface area contributed by atoms with Crippen molar-refractivity contribution in [3.63, 3.8) is 0 Å². The fourth-order valence-corrected chi connectivity index (χ4v) is 2.84. The SMILES string of the molecule is CNC1(C(=O)NCC(C)(C)CN(C)C)CCNCC1. The number of piperidine rings is 1. The van der Waals surface area contributed by atoms with Crippen LogP contribution >= 0.6 is 0 Å². The summed E-state index contributed by atoms with van der Waals surface area (Å²) in [6.45, 7) is 7.83. The molecule has 1 aliphatic rings. The molecule has 0 saturated carbocycles. The molecule has 0 aromatic heterocycles. The van der Waals surface area contributed by atoms with Crippen molar-refractivity contribution in [2.45, 2.75) is 32.2 Å². The Morgan fingerprint density at radius 2 is 1.89 bits per heavy atom. The number of likely N-dealkylation sites (N-methyl/N-ethyl adjacent to an activating group) is 1. The second kappa shape index (κ2) is 6.68. The van der Waals surface area contributed by atoms with Crippen LogP contribution in [0.4, 0.5) is 0 Å². The standard InChI is InChI=1S/C14H30N4O/c1-13(2,11-18(4)5)10-17-12(19)14(15-3)6-8-16-9-7-14/h15-16H,6-11H2,1-5H3,(H,17,19). The van der Waals surface area contributed by atoms with Crippen LogP contribution in [0.5, 0.6) is 0 Å². The average Bonchev–Trinajstić information content (AvgIpc) is 2.35. The van der Waals surface area contributed by atoms with Crippen molar-refractivity contribution in [2.75, 3.05) is 47.3 Å². The quantitative estimate of drug-likeness (QED) is 0.637. The first kappa shape index (κ1) is 16.4. The first-order chi connectivity index (χ1) is 8.81. The maximum atomic E-state index is 12.5. The predicted octanol–water partition coefficient (Wildman–Crippen LogP) is 0.0320. The summed E-state index contributed by atoms with van der Waals surface area (Å²) in [4.78, 5) is 14.6. The molecule has 0 radical (unpaired) electrons. The van der Waals surface area contributed by atoms with Crippen molar-refractivity contribution < 1.29 is 4.79 Å². The van der Waals surface area contributed by atoms with Crippen LogP contribution in [-0.4, -0.2) is 63.7 Å². The number of amides is 1. The van der Waals surface area contributed by atoms with E-state index >= 15 is 0 Å². The minimum atomic E-state index is -0.389. The molecule has 0 bridgehead atoms. The van der Waals surface area contributed by atoms with E-state index in [1.165, 1.54) is 0 Å². The third-order valence-corrected chi connectivity index (χ3v) is 3.84. The molecule has 3 N–H and O–H groups in total. The van der Waals surface area contributed by atoms with Gasteiger partial charge in [0.1, 0.15) is 0 Å². The van der Waals surface area contributed by atoms with Gasteiger partial charge in [0, 0.05) is 13.1 Å². The lowest BCUT2D eigenvalue weighted by Crippen LogP contribution is -2.61. The highest BCUT2D eigenvalue weighted by Gasteiger charge is 2.38. The second-order valence-electron chi connectivity index (χ2n) is 6.67. The van der Waals surface area contributed by atoms with Crippen LogP contribution in [-0.2, 0) is 4.79 Å². The number of nitrogens with zero attached hydrogens (tertiary/aromatic N) is 1. The first-order valence-corrected chi connectivity index (χ1v) is 7.14. The van der Waals surface area contributed by atoms with Gasteiger partial charge < -0.3 is 20.9 Å². The Bertz CT molecular complexity index is 296. The number of hydrogen-bond acceptors (Lipinski definition) is 4. The Balaban J connectivity index is 2.53. The van der Waals surface area contributed by atoms with Gasteiger partial charge in [-0.05, 0) is 52.5 Å². The van der Waals surface area contributed by atoms with E-state index in [9.17, 15) is 4.79 Å². The molecule has 1 aliphatic heterocycles. The largest absolute Gasteiger partial charge is 0.354 e. The molecule has 1 saturated heterocycles. The van der Waals surface area contributed by atoms with Gasteiger partial charge in [-0.3, -0.25) is 4.79 Å². The van der Waals surface area contributed by atoms with E-state index in [0.29, 0.717) is 6.54 Å². The minimum Gasteiger partial charge on any atom is -0.354 e. The van der Waals surface area contributed by atoms with E-state index in [1.807, 2.05) is 7.05 Å². The van der Waals surface area contributed by atoms with Gasteiger partial charge in [-0.2, -0.15) is 0 Å². The van der Waals surface area contributed by atoms with Crippen molar-refractivity contribution in [1.82, 2.24) is 20.9 Å². The van der Waals surface area contributed by atoms with Gasteiger partial charge >= 0.3 is 0 Å². The van der Waals surface area contributed by atoms with E-state index in [0.717, 1.165) is 32.5 Å². The van der Waals surface area contributed by atoms with Crippen LogP contribution in [0.1, 0.15) is 26.7 Å². The smallest absolute Gasteiger partial charge is 0.240 e. The van der Waals surface area contributed by atoms with Crippen LogP contribution in [0.3, 0.4) is 0 Å². The maximum absolute atomic E-state index is 12.5. The molecule has 1 amide bonds. The molecule has 1 rings (SSSR count). The number of nitrogens with one attached hydrogen (secondary N) is 3. The lowest BCUT2D eigenvalue weighted by molar-refractivity contribution is -0.129. The molecule has 112 valence electrons. The molecule has 0 spiro atoms. The summed E-state index contributed by atoms with van der Waals surface area (Å²) >= 11 is 0. The van der Waals surface area contributed by atoms with Crippen molar-refractivity contribution >= 4 is 5.91 Å². The summed E-state index contributed by atoms with van der Waals surface area (Å²) in [5, 5.41) is 9.67. The van der Waals surface area contributed by atoms with Gasteiger partial charge in [-0.1, -0.05) is 13.8 Å². The zero-order chi connectivity index (χ0) is 14.5. The number of carbonyl (C=O) groups excluding carboxylic acids is 1. The lowest BCUT2D eigenvalue weighted by atomic mass is 9.86. The molecule has 0 aliphatic carbocycles. The molecule has 0 atom stereocenters. The highest BCUT2D eigenvalue weighted by atomic mass is 16.2. The Morgan fingerprint density at radius 3 is 2.37 bits per heavy atom. The van der Waals surface area contributed by atoms with Gasteiger partial charge in [-0.15, -0.1) is 0 Å². The van der Waals surface area contributed by atoms with Crippen molar-refractivity contribution in [2.24, 2.45) is 5.41 Å². The van der Waals surface area contributed by atoms with Gasteiger partial charge in [0.05, 0.1) is 5.54 Å². The number of hydrogen-bond donors (Lipinski definition) is 3. The number of carbonyl (C=O) groups is 1. The Hall–Kier alpha value is -0.650. The van der Waals surface area contributed by atoms with E-state index < -0.39 is 0 Å². The van der Waals surface area contributed by atoms with Crippen molar-refractivity contribution in [1.29, 1.82) is 0 Å². The highest BCUT2D eigenvalue weighted by Crippen LogP contribution is 2.19. The summed E-state index contributed by atoms with van der Waals surface area (Å²) in [7, 11) is 6.01. The fourth-order valence-electron chi connectivity index (χ4n) is 2.84. The third-order valence-electron chi connectivity index (χ3n) is 3.84. The Labute approximate surface area is 117 Å². The van der Waals surface area contributed by atoms with Crippen LogP contribution < -0.4 is 16.0 Å². The molecule has 1 heterocycles. The summed E-state index contributed by atoms with van der Waals surface area (Å²) in [5.74, 6) is 0.142. The monoisotopic (exact) mass is 270 g/mol. The number of rotatable bonds is 6. The van der Waals surface area contributed by atoms with Gasteiger partial charge in [0.15, 0.2) is 0 Å². The van der Waals surface area contributed by atoms with Crippen LogP contribution in [0.15, 0.2) is 0 Å². The van der Waals surface area contributed by atoms with Gasteiger partial charge in [0.2, 0.25) is 5.91 Å². The van der Waals surface area contributed by atoms with E-state index in [1.54, 1.807) is 0 Å². The molecule has 0 unspecified atom stereocenters. The molecule has 0 aromatic rings. The van der Waals surface area contributed by atoms with Crippen LogP contribution in [0.2, 0.25) is 0 Å². The zero-order valence-electron chi connectivity index (χ0n) is 13.1. The summed E-state index contributed by atoms with van der Waals surface area (Å²) in [5.41, 5.74) is -0.305. The summed E-state index contributed by atoms with van der Waals surface area (Å²) in [6.07, 6.45) is 1.70. The van der Waals surface area contributed by atoms with E-state index in [4.69, 9.17) is 0 Å². The molecule has 5 nitrogen and oxygen atoms in total. The maximum Gasteiger partial charge on any atom is 0.240 e. The lowest BCUT2D eigenvalue weighted by Gasteiger charge is -2.37. The third kappa shape index (κ3) is 4.75. The molecule has 5 heteroatoms. The average molecular weight is 270 g/mol.